The highest BCUT2D eigenvalue weighted by Crippen LogP contribution is 2.26. The molecule has 0 amide bonds. The second-order valence-corrected chi connectivity index (χ2v) is 5.59. The summed E-state index contributed by atoms with van der Waals surface area (Å²) in [5.74, 6) is -2.36. The van der Waals surface area contributed by atoms with Gasteiger partial charge in [-0.25, -0.2) is 0 Å². The molecule has 1 heterocycles. The minimum atomic E-state index is -0.955. The molecular weight excluding hydrogens is 310 g/mol. The molecule has 0 saturated heterocycles. The van der Waals surface area contributed by atoms with Gasteiger partial charge in [0.05, 0.1) is 5.92 Å². The third-order valence-electron chi connectivity index (χ3n) is 3.46. The van der Waals surface area contributed by atoms with Crippen molar-refractivity contribution < 1.29 is 14.7 Å². The molecule has 2 rings (SSSR count). The normalized spacial score (nSPS) is 14.3. The lowest BCUT2D eigenvalue weighted by atomic mass is 9.88. The predicted octanol–water partition coefficient (Wildman–Crippen LogP) is 3.47. The third-order valence-corrected chi connectivity index (χ3v) is 3.96. The zero-order valence-electron chi connectivity index (χ0n) is 10.6. The van der Waals surface area contributed by atoms with Crippen LogP contribution in [0.15, 0.2) is 28.9 Å². The van der Waals surface area contributed by atoms with Gasteiger partial charge in [-0.2, -0.15) is 0 Å². The lowest BCUT2D eigenvalue weighted by molar-refractivity contribution is -0.142. The predicted molar refractivity (Wildman–Crippen MR) is 76.3 cm³/mol. The number of nitrogens with one attached hydrogen (secondary N) is 1. The highest BCUT2D eigenvalue weighted by atomic mass is 79.9. The van der Waals surface area contributed by atoms with Crippen LogP contribution < -0.4 is 0 Å². The summed E-state index contributed by atoms with van der Waals surface area (Å²) in [5, 5.41) is 9.80. The molecule has 2 atom stereocenters. The van der Waals surface area contributed by atoms with Crippen LogP contribution in [0.25, 0.3) is 10.9 Å². The van der Waals surface area contributed by atoms with E-state index in [1.54, 1.807) is 20.0 Å². The SMILES string of the molecule is CC(C(=O)O)C(C)C(=O)c1c[nH]c2cc(Br)ccc12. The standard InChI is InChI=1S/C14H14BrNO3/c1-7(8(2)14(18)19)13(17)11-6-16-12-5-9(15)3-4-10(11)12/h3-8,16H,1-2H3,(H,18,19). The van der Waals surface area contributed by atoms with Crippen molar-refractivity contribution >= 4 is 38.6 Å². The number of aliphatic carboxylic acids is 1. The van der Waals surface area contributed by atoms with Crippen molar-refractivity contribution in [3.05, 3.63) is 34.4 Å². The molecule has 100 valence electrons. The third kappa shape index (κ3) is 2.56. The number of carboxylic acid groups (broad SMARTS) is 1. The summed E-state index contributed by atoms with van der Waals surface area (Å²) in [4.78, 5) is 26.3. The van der Waals surface area contributed by atoms with E-state index in [0.717, 1.165) is 15.4 Å². The molecule has 0 aliphatic heterocycles. The molecule has 1 aromatic carbocycles. The summed E-state index contributed by atoms with van der Waals surface area (Å²) in [6.07, 6.45) is 1.64. The molecular formula is C14H14BrNO3. The van der Waals surface area contributed by atoms with Crippen LogP contribution in [-0.2, 0) is 4.79 Å². The van der Waals surface area contributed by atoms with Gasteiger partial charge in [0.15, 0.2) is 5.78 Å². The molecule has 1 aromatic heterocycles. The van der Waals surface area contributed by atoms with E-state index in [0.29, 0.717) is 5.56 Å². The number of Topliss-reactive ketones (excluding diaryl/α,β-unsaturated/α-hetero) is 1. The Kier molecular flexibility index (Phi) is 3.75. The molecule has 2 aromatic rings. The van der Waals surface area contributed by atoms with Crippen LogP contribution in [0.2, 0.25) is 0 Å². The van der Waals surface area contributed by atoms with Crippen molar-refractivity contribution in [2.24, 2.45) is 11.8 Å². The largest absolute Gasteiger partial charge is 0.481 e. The molecule has 2 unspecified atom stereocenters. The first-order valence-electron chi connectivity index (χ1n) is 5.95. The van der Waals surface area contributed by atoms with Gasteiger partial charge < -0.3 is 10.1 Å². The molecule has 0 spiro atoms. The Balaban J connectivity index is 2.39. The van der Waals surface area contributed by atoms with Crippen molar-refractivity contribution in [2.45, 2.75) is 13.8 Å². The highest BCUT2D eigenvalue weighted by Gasteiger charge is 2.28. The van der Waals surface area contributed by atoms with Gasteiger partial charge in [0.2, 0.25) is 0 Å². The topological polar surface area (TPSA) is 70.2 Å². The zero-order chi connectivity index (χ0) is 14.2. The summed E-state index contributed by atoms with van der Waals surface area (Å²) < 4.78 is 0.924. The monoisotopic (exact) mass is 323 g/mol. The number of aromatic nitrogens is 1. The first kappa shape index (κ1) is 13.8. The molecule has 19 heavy (non-hydrogen) atoms. The zero-order valence-corrected chi connectivity index (χ0v) is 12.2. The van der Waals surface area contributed by atoms with Crippen molar-refractivity contribution in [1.82, 2.24) is 4.98 Å². The maximum Gasteiger partial charge on any atom is 0.306 e. The number of carbonyl (C=O) groups excluding carboxylic acids is 1. The molecule has 0 aliphatic carbocycles. The Morgan fingerprint density at radius 1 is 1.26 bits per heavy atom. The summed E-state index contributed by atoms with van der Waals surface area (Å²) in [6.45, 7) is 3.20. The molecule has 4 nitrogen and oxygen atoms in total. The summed E-state index contributed by atoms with van der Waals surface area (Å²) in [6, 6.07) is 5.59. The fourth-order valence-corrected chi connectivity index (χ4v) is 2.35. The molecule has 0 radical (unpaired) electrons. The number of ketones is 1. The molecule has 2 N–H and O–H groups in total. The van der Waals surface area contributed by atoms with Gasteiger partial charge >= 0.3 is 5.97 Å². The van der Waals surface area contributed by atoms with Crippen LogP contribution in [0.3, 0.4) is 0 Å². The van der Waals surface area contributed by atoms with Gasteiger partial charge in [0.1, 0.15) is 0 Å². The molecule has 0 saturated carbocycles. The smallest absolute Gasteiger partial charge is 0.306 e. The van der Waals surface area contributed by atoms with Gasteiger partial charge in [0, 0.05) is 33.1 Å². The average molecular weight is 324 g/mol. The minimum absolute atomic E-state index is 0.150. The van der Waals surface area contributed by atoms with Gasteiger partial charge in [0.25, 0.3) is 0 Å². The van der Waals surface area contributed by atoms with Crippen molar-refractivity contribution in [1.29, 1.82) is 0 Å². The van der Waals surface area contributed by atoms with E-state index in [1.165, 1.54) is 0 Å². The Bertz CT molecular complexity index is 647. The van der Waals surface area contributed by atoms with Gasteiger partial charge in [-0.05, 0) is 12.1 Å². The van der Waals surface area contributed by atoms with Crippen LogP contribution >= 0.6 is 15.9 Å². The number of carboxylic acids is 1. The average Bonchev–Trinajstić information content (AvgIpc) is 2.78. The molecule has 0 fully saturated rings. The second kappa shape index (κ2) is 5.17. The number of rotatable bonds is 4. The van der Waals surface area contributed by atoms with Crippen molar-refractivity contribution in [2.75, 3.05) is 0 Å². The van der Waals surface area contributed by atoms with E-state index < -0.39 is 17.8 Å². The number of fused-ring (bicyclic) bond motifs is 1. The van der Waals surface area contributed by atoms with E-state index >= 15 is 0 Å². The summed E-state index contributed by atoms with van der Waals surface area (Å²) in [5.41, 5.74) is 1.40. The number of aromatic amines is 1. The first-order chi connectivity index (χ1) is 8.91. The Labute approximate surface area is 118 Å². The minimum Gasteiger partial charge on any atom is -0.481 e. The van der Waals surface area contributed by atoms with Gasteiger partial charge in [-0.15, -0.1) is 0 Å². The van der Waals surface area contributed by atoms with Crippen LogP contribution in [0.1, 0.15) is 24.2 Å². The Morgan fingerprint density at radius 2 is 1.95 bits per heavy atom. The number of hydrogen-bond acceptors (Lipinski definition) is 2. The first-order valence-corrected chi connectivity index (χ1v) is 6.74. The van der Waals surface area contributed by atoms with Gasteiger partial charge in [-0.1, -0.05) is 35.8 Å². The number of benzene rings is 1. The van der Waals surface area contributed by atoms with Gasteiger partial charge in [-0.3, -0.25) is 9.59 Å². The molecule has 0 bridgehead atoms. The molecule has 0 aliphatic rings. The van der Waals surface area contributed by atoms with E-state index in [4.69, 9.17) is 5.11 Å². The van der Waals surface area contributed by atoms with E-state index in [9.17, 15) is 9.59 Å². The van der Waals surface area contributed by atoms with Crippen molar-refractivity contribution in [3.63, 3.8) is 0 Å². The molecule has 5 heteroatoms. The number of H-pyrrole nitrogens is 1. The van der Waals surface area contributed by atoms with E-state index in [1.807, 2.05) is 18.2 Å². The quantitative estimate of drug-likeness (QED) is 0.846. The van der Waals surface area contributed by atoms with E-state index in [-0.39, 0.29) is 5.78 Å². The fraction of sp³-hybridized carbons (Fsp3) is 0.286. The van der Waals surface area contributed by atoms with Crippen molar-refractivity contribution in [3.8, 4) is 0 Å². The van der Waals surface area contributed by atoms with Crippen LogP contribution in [0.5, 0.6) is 0 Å². The van der Waals surface area contributed by atoms with Crippen LogP contribution in [0.4, 0.5) is 0 Å². The lowest BCUT2D eigenvalue weighted by Gasteiger charge is -2.14. The lowest BCUT2D eigenvalue weighted by Crippen LogP contribution is -2.25. The number of hydrogen-bond donors (Lipinski definition) is 2. The van der Waals surface area contributed by atoms with Crippen LogP contribution in [0, 0.1) is 11.8 Å². The maximum atomic E-state index is 12.4. The number of halogens is 1. The Morgan fingerprint density at radius 3 is 2.58 bits per heavy atom. The Hall–Kier alpha value is -1.62. The summed E-state index contributed by atoms with van der Waals surface area (Å²) >= 11 is 3.37. The fourth-order valence-electron chi connectivity index (χ4n) is 1.99. The summed E-state index contributed by atoms with van der Waals surface area (Å²) in [7, 11) is 0. The number of carbonyl (C=O) groups is 2. The second-order valence-electron chi connectivity index (χ2n) is 4.67. The maximum absolute atomic E-state index is 12.4. The van der Waals surface area contributed by atoms with E-state index in [2.05, 4.69) is 20.9 Å². The highest BCUT2D eigenvalue weighted by molar-refractivity contribution is 9.10. The van der Waals surface area contributed by atoms with Crippen LogP contribution in [-0.4, -0.2) is 21.8 Å².